The second kappa shape index (κ2) is 5.17. The first-order chi connectivity index (χ1) is 9.24. The quantitative estimate of drug-likeness (QED) is 0.850. The van der Waals surface area contributed by atoms with E-state index in [2.05, 4.69) is 11.4 Å². The number of amides is 1. The molecule has 0 radical (unpaired) electrons. The minimum Gasteiger partial charge on any atom is -0.349 e. The van der Waals surface area contributed by atoms with Crippen LogP contribution >= 0.6 is 0 Å². The van der Waals surface area contributed by atoms with Crippen LogP contribution in [0.3, 0.4) is 0 Å². The van der Waals surface area contributed by atoms with Gasteiger partial charge in [-0.2, -0.15) is 0 Å². The van der Waals surface area contributed by atoms with Gasteiger partial charge in [-0.1, -0.05) is 30.3 Å². The molecule has 3 nitrogen and oxygen atoms in total. The van der Waals surface area contributed by atoms with Crippen LogP contribution in [0, 0.1) is 0 Å². The van der Waals surface area contributed by atoms with Crippen LogP contribution in [0.5, 0.6) is 0 Å². The maximum Gasteiger partial charge on any atom is 0.251 e. The molecule has 1 aromatic carbocycles. The monoisotopic (exact) mass is 256 g/mol. The Balaban J connectivity index is 1.66. The van der Waals surface area contributed by atoms with Crippen LogP contribution in [0.25, 0.3) is 5.57 Å². The SMILES string of the molecule is NC1CCC(NC(=O)C2=CCc3ccccc32)CC1. The van der Waals surface area contributed by atoms with Gasteiger partial charge in [0.15, 0.2) is 0 Å². The summed E-state index contributed by atoms with van der Waals surface area (Å²) in [6.07, 6.45) is 6.94. The lowest BCUT2D eigenvalue weighted by Crippen LogP contribution is -2.40. The fourth-order valence-corrected chi connectivity index (χ4v) is 3.02. The van der Waals surface area contributed by atoms with Crippen molar-refractivity contribution in [3.05, 3.63) is 41.5 Å². The van der Waals surface area contributed by atoms with E-state index in [0.29, 0.717) is 12.1 Å². The van der Waals surface area contributed by atoms with E-state index in [4.69, 9.17) is 5.73 Å². The normalized spacial score (nSPS) is 25.6. The van der Waals surface area contributed by atoms with Crippen molar-refractivity contribution in [3.8, 4) is 0 Å². The van der Waals surface area contributed by atoms with Gasteiger partial charge >= 0.3 is 0 Å². The zero-order valence-corrected chi connectivity index (χ0v) is 11.1. The highest BCUT2D eigenvalue weighted by Crippen LogP contribution is 2.27. The molecule has 100 valence electrons. The van der Waals surface area contributed by atoms with E-state index in [1.165, 1.54) is 5.56 Å². The largest absolute Gasteiger partial charge is 0.349 e. The van der Waals surface area contributed by atoms with Crippen LogP contribution in [0.1, 0.15) is 36.8 Å². The zero-order chi connectivity index (χ0) is 13.2. The fourth-order valence-electron chi connectivity index (χ4n) is 3.02. The molecule has 1 aromatic rings. The van der Waals surface area contributed by atoms with Gasteiger partial charge in [-0.15, -0.1) is 0 Å². The van der Waals surface area contributed by atoms with Gasteiger partial charge < -0.3 is 11.1 Å². The molecule has 1 fully saturated rings. The molecule has 0 bridgehead atoms. The fraction of sp³-hybridized carbons (Fsp3) is 0.438. The van der Waals surface area contributed by atoms with Gasteiger partial charge in [0.05, 0.1) is 0 Å². The van der Waals surface area contributed by atoms with Gasteiger partial charge in [0.25, 0.3) is 5.91 Å². The number of rotatable bonds is 2. The predicted octanol–water partition coefficient (Wildman–Crippen LogP) is 2.01. The topological polar surface area (TPSA) is 55.1 Å². The Labute approximate surface area is 113 Å². The van der Waals surface area contributed by atoms with Crippen LogP contribution in [-0.2, 0) is 11.2 Å². The van der Waals surface area contributed by atoms with E-state index in [0.717, 1.165) is 43.2 Å². The molecule has 0 heterocycles. The Morgan fingerprint density at radius 3 is 2.68 bits per heavy atom. The maximum atomic E-state index is 12.3. The Kier molecular flexibility index (Phi) is 3.38. The molecular formula is C16H20N2O. The van der Waals surface area contributed by atoms with Crippen LogP contribution < -0.4 is 11.1 Å². The molecule has 19 heavy (non-hydrogen) atoms. The Morgan fingerprint density at radius 1 is 1.16 bits per heavy atom. The average molecular weight is 256 g/mol. The van der Waals surface area contributed by atoms with Gasteiger partial charge in [-0.05, 0) is 43.2 Å². The molecule has 3 N–H and O–H groups in total. The minimum absolute atomic E-state index is 0.0745. The predicted molar refractivity (Wildman–Crippen MR) is 76.5 cm³/mol. The van der Waals surface area contributed by atoms with Crippen molar-refractivity contribution >= 4 is 11.5 Å². The highest BCUT2D eigenvalue weighted by atomic mass is 16.1. The zero-order valence-electron chi connectivity index (χ0n) is 11.1. The second-order valence-corrected chi connectivity index (χ2v) is 5.56. The molecule has 0 saturated heterocycles. The molecule has 0 spiro atoms. The standard InChI is InChI=1S/C16H20N2O/c17-12-6-8-13(9-7-12)18-16(19)15-10-5-11-3-1-2-4-14(11)15/h1-4,10,12-13H,5-9,17H2,(H,18,19). The first kappa shape index (κ1) is 12.4. The highest BCUT2D eigenvalue weighted by molar-refractivity contribution is 6.21. The number of carbonyl (C=O) groups excluding carboxylic acids is 1. The van der Waals surface area contributed by atoms with Crippen molar-refractivity contribution in [3.63, 3.8) is 0 Å². The number of hydrogen-bond acceptors (Lipinski definition) is 2. The molecule has 3 rings (SSSR count). The van der Waals surface area contributed by atoms with Crippen LogP contribution in [0.4, 0.5) is 0 Å². The van der Waals surface area contributed by atoms with Crippen LogP contribution in [0.15, 0.2) is 30.3 Å². The number of allylic oxidation sites excluding steroid dienone is 1. The summed E-state index contributed by atoms with van der Waals surface area (Å²) in [6, 6.07) is 8.75. The Bertz CT molecular complexity index is 513. The summed E-state index contributed by atoms with van der Waals surface area (Å²) in [6.45, 7) is 0. The molecule has 1 amide bonds. The minimum atomic E-state index is 0.0745. The van der Waals surface area contributed by atoms with Crippen LogP contribution in [-0.4, -0.2) is 18.0 Å². The third-order valence-corrected chi connectivity index (χ3v) is 4.19. The summed E-state index contributed by atoms with van der Waals surface area (Å²) in [7, 11) is 0. The van der Waals surface area contributed by atoms with Crippen molar-refractivity contribution in [1.82, 2.24) is 5.32 Å². The summed E-state index contributed by atoms with van der Waals surface area (Å²) in [5, 5.41) is 3.16. The van der Waals surface area contributed by atoms with E-state index in [1.807, 2.05) is 24.3 Å². The number of nitrogens with two attached hydrogens (primary N) is 1. The summed E-state index contributed by atoms with van der Waals surface area (Å²) >= 11 is 0. The molecule has 0 unspecified atom stereocenters. The van der Waals surface area contributed by atoms with Gasteiger partial charge in [-0.3, -0.25) is 4.79 Å². The van der Waals surface area contributed by atoms with Crippen molar-refractivity contribution < 1.29 is 4.79 Å². The Morgan fingerprint density at radius 2 is 1.89 bits per heavy atom. The lowest BCUT2D eigenvalue weighted by Gasteiger charge is -2.27. The van der Waals surface area contributed by atoms with E-state index < -0.39 is 0 Å². The van der Waals surface area contributed by atoms with Gasteiger partial charge in [0.1, 0.15) is 0 Å². The van der Waals surface area contributed by atoms with Crippen molar-refractivity contribution in [1.29, 1.82) is 0 Å². The molecule has 0 aliphatic heterocycles. The number of fused-ring (bicyclic) bond motifs is 1. The highest BCUT2D eigenvalue weighted by Gasteiger charge is 2.24. The van der Waals surface area contributed by atoms with E-state index in [-0.39, 0.29) is 5.91 Å². The molecule has 3 heteroatoms. The third kappa shape index (κ3) is 2.56. The average Bonchev–Trinajstić information content (AvgIpc) is 2.85. The smallest absolute Gasteiger partial charge is 0.251 e. The summed E-state index contributed by atoms with van der Waals surface area (Å²) in [5.41, 5.74) is 9.07. The van der Waals surface area contributed by atoms with Crippen LogP contribution in [0.2, 0.25) is 0 Å². The molecule has 2 aliphatic rings. The van der Waals surface area contributed by atoms with Gasteiger partial charge in [0, 0.05) is 17.7 Å². The van der Waals surface area contributed by atoms with Crippen molar-refractivity contribution in [2.24, 2.45) is 5.73 Å². The number of carbonyl (C=O) groups is 1. The molecular weight excluding hydrogens is 236 g/mol. The van der Waals surface area contributed by atoms with Crippen molar-refractivity contribution in [2.45, 2.75) is 44.2 Å². The third-order valence-electron chi connectivity index (χ3n) is 4.19. The lowest BCUT2D eigenvalue weighted by atomic mass is 9.91. The van der Waals surface area contributed by atoms with E-state index >= 15 is 0 Å². The number of benzene rings is 1. The second-order valence-electron chi connectivity index (χ2n) is 5.56. The maximum absolute atomic E-state index is 12.3. The molecule has 2 aliphatic carbocycles. The number of nitrogens with one attached hydrogen (secondary N) is 1. The summed E-state index contributed by atoms with van der Waals surface area (Å²) in [4.78, 5) is 12.3. The molecule has 0 atom stereocenters. The first-order valence-electron chi connectivity index (χ1n) is 7.09. The Hall–Kier alpha value is -1.61. The van der Waals surface area contributed by atoms with Crippen molar-refractivity contribution in [2.75, 3.05) is 0 Å². The lowest BCUT2D eigenvalue weighted by molar-refractivity contribution is -0.116. The first-order valence-corrected chi connectivity index (χ1v) is 7.09. The summed E-state index contributed by atoms with van der Waals surface area (Å²) < 4.78 is 0. The molecule has 0 aromatic heterocycles. The van der Waals surface area contributed by atoms with Gasteiger partial charge in [-0.25, -0.2) is 0 Å². The summed E-state index contributed by atoms with van der Waals surface area (Å²) in [5.74, 6) is 0.0745. The molecule has 1 saturated carbocycles. The van der Waals surface area contributed by atoms with Gasteiger partial charge in [0.2, 0.25) is 0 Å². The van der Waals surface area contributed by atoms with E-state index in [9.17, 15) is 4.79 Å². The van der Waals surface area contributed by atoms with E-state index in [1.54, 1.807) is 0 Å². The number of hydrogen-bond donors (Lipinski definition) is 2.